The Morgan fingerprint density at radius 2 is 1.78 bits per heavy atom. The van der Waals surface area contributed by atoms with Crippen LogP contribution in [0.4, 0.5) is 10.5 Å². The van der Waals surface area contributed by atoms with Crippen LogP contribution in [-0.4, -0.2) is 58.2 Å². The zero-order valence-electron chi connectivity index (χ0n) is 26.0. The molecule has 0 bridgehead atoms. The molecule has 0 spiro atoms. The van der Waals surface area contributed by atoms with Crippen molar-refractivity contribution < 1.29 is 47.8 Å². The van der Waals surface area contributed by atoms with Crippen molar-refractivity contribution in [3.63, 3.8) is 0 Å². The second-order valence-electron chi connectivity index (χ2n) is 11.1. The van der Waals surface area contributed by atoms with Gasteiger partial charge in [0, 0.05) is 18.7 Å². The van der Waals surface area contributed by atoms with Crippen LogP contribution in [0.15, 0.2) is 60.7 Å². The lowest BCUT2D eigenvalue weighted by Crippen LogP contribution is -2.48. The van der Waals surface area contributed by atoms with Gasteiger partial charge in [0.1, 0.15) is 12.4 Å². The Hall–Kier alpha value is -4.22. The van der Waals surface area contributed by atoms with E-state index < -0.39 is 32.0 Å². The first-order chi connectivity index (χ1) is 21.8. The number of phosphoric acid groups is 1. The third-order valence-electron chi connectivity index (χ3n) is 7.82. The summed E-state index contributed by atoms with van der Waals surface area (Å²) in [6.07, 6.45) is -0.0653. The molecule has 0 saturated heterocycles. The van der Waals surface area contributed by atoms with E-state index in [0.29, 0.717) is 31.6 Å². The van der Waals surface area contributed by atoms with Crippen molar-refractivity contribution in [3.8, 4) is 16.9 Å². The van der Waals surface area contributed by atoms with Crippen LogP contribution in [0.3, 0.4) is 0 Å². The fourth-order valence-electron chi connectivity index (χ4n) is 5.38. The van der Waals surface area contributed by atoms with E-state index >= 15 is 0 Å². The van der Waals surface area contributed by atoms with Crippen LogP contribution in [0.5, 0.6) is 5.75 Å². The van der Waals surface area contributed by atoms with E-state index in [1.54, 1.807) is 6.07 Å². The quantitative estimate of drug-likeness (QED) is 0.140. The molecule has 246 valence electrons. The Morgan fingerprint density at radius 1 is 1.04 bits per heavy atom. The van der Waals surface area contributed by atoms with Crippen LogP contribution in [0, 0.1) is 13.8 Å². The van der Waals surface area contributed by atoms with Crippen LogP contribution >= 0.6 is 7.82 Å². The minimum absolute atomic E-state index is 0.0380. The number of hydrogen-bond acceptors (Lipinski definition) is 7. The summed E-state index contributed by atoms with van der Waals surface area (Å²) in [6, 6.07) is 17.4. The van der Waals surface area contributed by atoms with Crippen molar-refractivity contribution in [3.05, 3.63) is 82.9 Å². The first kappa shape index (κ1) is 34.6. The molecular formula is C33H39N2O10P. The number of anilines is 1. The lowest BCUT2D eigenvalue weighted by Gasteiger charge is -2.31. The van der Waals surface area contributed by atoms with Gasteiger partial charge >= 0.3 is 19.9 Å². The Bertz CT molecular complexity index is 1620. The molecule has 4 rings (SSSR count). The van der Waals surface area contributed by atoms with Gasteiger partial charge in [0.15, 0.2) is 6.04 Å². The van der Waals surface area contributed by atoms with Gasteiger partial charge in [-0.15, -0.1) is 0 Å². The number of ether oxygens (including phenoxy) is 2. The minimum Gasteiger partial charge on any atom is -0.493 e. The number of alkyl carbamates (subject to hydrolysis) is 1. The minimum atomic E-state index is -4.98. The van der Waals surface area contributed by atoms with Crippen LogP contribution in [-0.2, 0) is 36.4 Å². The number of phosphoric ester groups is 1. The molecule has 0 saturated carbocycles. The number of aliphatic carboxylic acids is 1. The van der Waals surface area contributed by atoms with Gasteiger partial charge in [0.05, 0.1) is 12.7 Å². The Kier molecular flexibility index (Phi) is 11.6. The lowest BCUT2D eigenvalue weighted by molar-refractivity contribution is -0.141. The molecule has 4 N–H and O–H groups in total. The highest BCUT2D eigenvalue weighted by molar-refractivity contribution is 7.46. The lowest BCUT2D eigenvalue weighted by atomic mass is 9.91. The number of carboxylic acids is 1. The average Bonchev–Trinajstić information content (AvgIpc) is 3.01. The van der Waals surface area contributed by atoms with Crippen molar-refractivity contribution in [2.24, 2.45) is 0 Å². The highest BCUT2D eigenvalue weighted by Gasteiger charge is 2.33. The molecule has 13 heteroatoms. The van der Waals surface area contributed by atoms with E-state index in [2.05, 4.69) is 9.84 Å². The number of carboxylic acid groups (broad SMARTS) is 1. The average molecular weight is 655 g/mol. The van der Waals surface area contributed by atoms with E-state index in [4.69, 9.17) is 19.3 Å². The Balaban J connectivity index is 1.39. The number of aryl methyl sites for hydroxylation is 1. The molecule has 0 aromatic heterocycles. The second kappa shape index (κ2) is 15.4. The fraction of sp³-hybridized carbons (Fsp3) is 0.364. The molecule has 1 aliphatic rings. The standard InChI is InChI=1S/C33H39N2O10P/c1-21-9-4-15-29(22(21)2)43-18-8-16-30(36)35-17-7-13-27-26(12-6-14-28(27)35)25-11-5-10-24(19-25)20-44-33(39)34-31(32(37)38)23(3)45-46(40,41)42/h4-6,9-12,14-15,19,23,31H,7-8,13,16-18,20H2,1-3H3,(H,34,39)(H,37,38)(H2,40,41,42)/t23-,31+/m1/s1. The van der Waals surface area contributed by atoms with Crippen molar-refractivity contribution in [2.45, 2.75) is 65.2 Å². The smallest absolute Gasteiger partial charge is 0.469 e. The summed E-state index contributed by atoms with van der Waals surface area (Å²) in [5, 5.41) is 11.4. The number of nitrogens with zero attached hydrogens (tertiary/aromatic N) is 1. The molecule has 1 heterocycles. The van der Waals surface area contributed by atoms with Gasteiger partial charge in [-0.25, -0.2) is 14.2 Å². The van der Waals surface area contributed by atoms with Crippen molar-refractivity contribution in [2.75, 3.05) is 18.1 Å². The number of benzene rings is 3. The van der Waals surface area contributed by atoms with Crippen molar-refractivity contribution in [1.29, 1.82) is 0 Å². The van der Waals surface area contributed by atoms with Gasteiger partial charge < -0.3 is 34.6 Å². The number of hydrogen-bond donors (Lipinski definition) is 4. The summed E-state index contributed by atoms with van der Waals surface area (Å²) in [5.41, 5.74) is 6.62. The van der Waals surface area contributed by atoms with Crippen molar-refractivity contribution in [1.82, 2.24) is 5.32 Å². The maximum atomic E-state index is 13.3. The summed E-state index contributed by atoms with van der Waals surface area (Å²) < 4.78 is 26.6. The number of carbonyl (C=O) groups is 3. The number of rotatable bonds is 13. The van der Waals surface area contributed by atoms with Gasteiger partial charge in [-0.05, 0) is 91.6 Å². The first-order valence-corrected chi connectivity index (χ1v) is 16.5. The molecule has 2 amide bonds. The summed E-state index contributed by atoms with van der Waals surface area (Å²) in [7, 11) is -4.98. The molecule has 0 radical (unpaired) electrons. The second-order valence-corrected chi connectivity index (χ2v) is 12.3. The predicted octanol–water partition coefficient (Wildman–Crippen LogP) is 5.29. The van der Waals surface area contributed by atoms with E-state index in [0.717, 1.165) is 59.0 Å². The number of carbonyl (C=O) groups excluding carboxylic acids is 2. The van der Waals surface area contributed by atoms with Gasteiger partial charge in [-0.2, -0.15) is 0 Å². The molecule has 12 nitrogen and oxygen atoms in total. The Labute approximate surface area is 267 Å². The third-order valence-corrected chi connectivity index (χ3v) is 8.43. The summed E-state index contributed by atoms with van der Waals surface area (Å²) in [5.74, 6) is -0.677. The van der Waals surface area contributed by atoms with Crippen LogP contribution < -0.4 is 15.0 Å². The maximum absolute atomic E-state index is 13.3. The van der Waals surface area contributed by atoms with Gasteiger partial charge in [-0.3, -0.25) is 9.32 Å². The highest BCUT2D eigenvalue weighted by atomic mass is 31.2. The number of fused-ring (bicyclic) bond motifs is 1. The van der Waals surface area contributed by atoms with E-state index in [1.165, 1.54) is 0 Å². The first-order valence-electron chi connectivity index (χ1n) is 14.9. The van der Waals surface area contributed by atoms with E-state index in [-0.39, 0.29) is 12.5 Å². The molecular weight excluding hydrogens is 615 g/mol. The van der Waals surface area contributed by atoms with Gasteiger partial charge in [0.25, 0.3) is 0 Å². The zero-order chi connectivity index (χ0) is 33.4. The highest BCUT2D eigenvalue weighted by Crippen LogP contribution is 2.38. The maximum Gasteiger partial charge on any atom is 0.469 e. The summed E-state index contributed by atoms with van der Waals surface area (Å²) >= 11 is 0. The zero-order valence-corrected chi connectivity index (χ0v) is 26.9. The van der Waals surface area contributed by atoms with Crippen LogP contribution in [0.1, 0.15) is 48.4 Å². The fourth-order valence-corrected chi connectivity index (χ4v) is 5.93. The van der Waals surface area contributed by atoms with Gasteiger partial charge in [-0.1, -0.05) is 42.5 Å². The van der Waals surface area contributed by atoms with Crippen molar-refractivity contribution >= 4 is 31.5 Å². The Morgan fingerprint density at radius 3 is 2.52 bits per heavy atom. The van der Waals surface area contributed by atoms with Crippen LogP contribution in [0.25, 0.3) is 11.1 Å². The van der Waals surface area contributed by atoms with E-state index in [9.17, 15) is 24.1 Å². The monoisotopic (exact) mass is 654 g/mol. The normalized spacial score (nSPS) is 14.2. The number of nitrogens with one attached hydrogen (secondary N) is 1. The molecule has 0 unspecified atom stereocenters. The molecule has 3 aromatic carbocycles. The summed E-state index contributed by atoms with van der Waals surface area (Å²) in [4.78, 5) is 57.0. The predicted molar refractivity (Wildman–Crippen MR) is 171 cm³/mol. The molecule has 0 aliphatic carbocycles. The molecule has 2 atom stereocenters. The molecule has 46 heavy (non-hydrogen) atoms. The molecule has 1 aliphatic heterocycles. The van der Waals surface area contributed by atoms with E-state index in [1.807, 2.05) is 73.3 Å². The summed E-state index contributed by atoms with van der Waals surface area (Å²) in [6.45, 7) is 6.05. The molecule has 0 fully saturated rings. The van der Waals surface area contributed by atoms with Gasteiger partial charge in [0.2, 0.25) is 5.91 Å². The molecule has 3 aromatic rings. The van der Waals surface area contributed by atoms with Crippen LogP contribution in [0.2, 0.25) is 0 Å². The number of amides is 2. The topological polar surface area (TPSA) is 172 Å². The largest absolute Gasteiger partial charge is 0.493 e. The third kappa shape index (κ3) is 9.17. The SMILES string of the molecule is Cc1cccc(OCCCC(=O)N2CCCc3c(-c4cccc(COC(=O)N[C@H](C(=O)O)[C@@H](C)OP(=O)(O)O)c4)cccc32)c1C.